The minimum atomic E-state index is -0.250. The summed E-state index contributed by atoms with van der Waals surface area (Å²) >= 11 is 0. The van der Waals surface area contributed by atoms with E-state index in [1.54, 1.807) is 0 Å². The second kappa shape index (κ2) is 6.18. The second-order valence-corrected chi connectivity index (χ2v) is 8.86. The Labute approximate surface area is 146 Å². The lowest BCUT2D eigenvalue weighted by Crippen LogP contribution is -2.39. The minimum Gasteiger partial charge on any atom is -0.393 e. The van der Waals surface area contributed by atoms with Gasteiger partial charge >= 0.3 is 0 Å². The molecule has 0 aromatic heterocycles. The van der Waals surface area contributed by atoms with Gasteiger partial charge in [0.25, 0.3) is 0 Å². The van der Waals surface area contributed by atoms with Gasteiger partial charge < -0.3 is 10.0 Å². The van der Waals surface area contributed by atoms with Crippen LogP contribution in [0.1, 0.15) is 65.4 Å². The van der Waals surface area contributed by atoms with Gasteiger partial charge in [-0.25, -0.2) is 0 Å². The second-order valence-electron chi connectivity index (χ2n) is 8.86. The average Bonchev–Trinajstić information content (AvgIpc) is 2.84. The molecule has 1 aromatic rings. The standard InChI is InChI=1S/C21H31NO2/c1-15(23)16-9-11-21(12-10-16)13-14-22(19(21)24)18-7-5-17(6-8-18)20(2,3)4/h5-8,15-16,23H,9-14H2,1-4H3/t15-,16-,21-/m0/s1. The first-order chi connectivity index (χ1) is 11.2. The van der Waals surface area contributed by atoms with E-state index < -0.39 is 0 Å². The molecular formula is C21H31NO2. The first-order valence-electron chi connectivity index (χ1n) is 9.33. The molecular weight excluding hydrogens is 298 g/mol. The Morgan fingerprint density at radius 1 is 1.12 bits per heavy atom. The number of carbonyl (C=O) groups excluding carboxylic acids is 1. The number of aliphatic hydroxyl groups excluding tert-OH is 1. The van der Waals surface area contributed by atoms with Crippen LogP contribution in [0.25, 0.3) is 0 Å². The van der Waals surface area contributed by atoms with Crippen molar-refractivity contribution in [1.29, 1.82) is 0 Å². The van der Waals surface area contributed by atoms with E-state index in [0.717, 1.165) is 44.3 Å². The van der Waals surface area contributed by atoms with Gasteiger partial charge in [0.2, 0.25) is 5.91 Å². The molecule has 1 saturated carbocycles. The molecule has 1 heterocycles. The van der Waals surface area contributed by atoms with Crippen molar-refractivity contribution in [3.8, 4) is 0 Å². The summed E-state index contributed by atoms with van der Waals surface area (Å²) in [5.41, 5.74) is 2.29. The van der Waals surface area contributed by atoms with Crippen molar-refractivity contribution in [1.82, 2.24) is 0 Å². The van der Waals surface area contributed by atoms with Crippen molar-refractivity contribution in [2.24, 2.45) is 11.3 Å². The largest absolute Gasteiger partial charge is 0.393 e. The van der Waals surface area contributed by atoms with Crippen LogP contribution < -0.4 is 4.90 Å². The SMILES string of the molecule is C[C@H](O)[C@H]1CC[C@@]2(CCN(c3ccc(C(C)(C)C)cc3)C2=O)CC1. The third-order valence-electron chi connectivity index (χ3n) is 6.23. The highest BCUT2D eigenvalue weighted by atomic mass is 16.3. The maximum Gasteiger partial charge on any atom is 0.233 e. The number of anilines is 1. The fourth-order valence-electron chi connectivity index (χ4n) is 4.35. The van der Waals surface area contributed by atoms with Gasteiger partial charge in [-0.05, 0) is 68.1 Å². The lowest BCUT2D eigenvalue weighted by Gasteiger charge is -2.36. The number of aliphatic hydroxyl groups is 1. The molecule has 0 bridgehead atoms. The Morgan fingerprint density at radius 2 is 1.71 bits per heavy atom. The van der Waals surface area contributed by atoms with Gasteiger partial charge in [-0.1, -0.05) is 32.9 Å². The number of amides is 1. The molecule has 2 fully saturated rings. The molecule has 1 spiro atoms. The van der Waals surface area contributed by atoms with E-state index >= 15 is 0 Å². The van der Waals surface area contributed by atoms with Crippen LogP contribution in [0.4, 0.5) is 5.69 Å². The zero-order chi connectivity index (χ0) is 17.5. The lowest BCUT2D eigenvalue weighted by atomic mass is 9.68. The van der Waals surface area contributed by atoms with Gasteiger partial charge in [0.15, 0.2) is 0 Å². The molecule has 1 atom stereocenters. The summed E-state index contributed by atoms with van der Waals surface area (Å²) in [4.78, 5) is 15.1. The first kappa shape index (κ1) is 17.5. The molecule has 1 aliphatic heterocycles. The topological polar surface area (TPSA) is 40.5 Å². The Morgan fingerprint density at radius 3 is 2.21 bits per heavy atom. The maximum atomic E-state index is 13.1. The third-order valence-corrected chi connectivity index (χ3v) is 6.23. The van der Waals surface area contributed by atoms with Crippen LogP contribution in [-0.4, -0.2) is 23.7 Å². The number of hydrogen-bond donors (Lipinski definition) is 1. The highest BCUT2D eigenvalue weighted by molar-refractivity contribution is 6.00. The van der Waals surface area contributed by atoms with Crippen molar-refractivity contribution < 1.29 is 9.90 Å². The van der Waals surface area contributed by atoms with E-state index in [1.807, 2.05) is 11.8 Å². The van der Waals surface area contributed by atoms with Crippen molar-refractivity contribution in [3.63, 3.8) is 0 Å². The van der Waals surface area contributed by atoms with Crippen molar-refractivity contribution in [3.05, 3.63) is 29.8 Å². The van der Waals surface area contributed by atoms with Crippen LogP contribution in [0.15, 0.2) is 24.3 Å². The Balaban J connectivity index is 1.73. The van der Waals surface area contributed by atoms with Gasteiger partial charge in [0.05, 0.1) is 11.5 Å². The van der Waals surface area contributed by atoms with Crippen LogP contribution in [-0.2, 0) is 10.2 Å². The normalized spacial score (nSPS) is 29.3. The van der Waals surface area contributed by atoms with Gasteiger partial charge in [-0.15, -0.1) is 0 Å². The number of carbonyl (C=O) groups is 1. The number of benzene rings is 1. The lowest BCUT2D eigenvalue weighted by molar-refractivity contribution is -0.128. The number of nitrogens with zero attached hydrogens (tertiary/aromatic N) is 1. The molecule has 1 saturated heterocycles. The molecule has 2 aliphatic rings. The zero-order valence-corrected chi connectivity index (χ0v) is 15.5. The first-order valence-corrected chi connectivity index (χ1v) is 9.33. The molecule has 3 nitrogen and oxygen atoms in total. The Bertz CT molecular complexity index is 589. The summed E-state index contributed by atoms with van der Waals surface area (Å²) in [6.07, 6.45) is 4.51. The molecule has 1 N–H and O–H groups in total. The highest BCUT2D eigenvalue weighted by Gasteiger charge is 2.49. The number of hydrogen-bond acceptors (Lipinski definition) is 2. The van der Waals surface area contributed by atoms with Crippen LogP contribution >= 0.6 is 0 Å². The van der Waals surface area contributed by atoms with Crippen LogP contribution in [0.3, 0.4) is 0 Å². The molecule has 0 radical (unpaired) electrons. The van der Waals surface area contributed by atoms with E-state index in [2.05, 4.69) is 45.0 Å². The maximum absolute atomic E-state index is 13.1. The van der Waals surface area contributed by atoms with Crippen molar-refractivity contribution in [2.45, 2.75) is 71.3 Å². The summed E-state index contributed by atoms with van der Waals surface area (Å²) in [6, 6.07) is 8.49. The van der Waals surface area contributed by atoms with Gasteiger partial charge in [-0.2, -0.15) is 0 Å². The van der Waals surface area contributed by atoms with Crippen molar-refractivity contribution in [2.75, 3.05) is 11.4 Å². The van der Waals surface area contributed by atoms with Gasteiger partial charge in [0.1, 0.15) is 0 Å². The smallest absolute Gasteiger partial charge is 0.233 e. The Hall–Kier alpha value is -1.35. The summed E-state index contributed by atoms with van der Waals surface area (Å²) in [5, 5.41) is 9.80. The Kier molecular flexibility index (Phi) is 4.50. The molecule has 24 heavy (non-hydrogen) atoms. The van der Waals surface area contributed by atoms with E-state index in [0.29, 0.717) is 11.8 Å². The molecule has 3 heteroatoms. The predicted octanol–water partition coefficient (Wildman–Crippen LogP) is 4.28. The predicted molar refractivity (Wildman–Crippen MR) is 98.2 cm³/mol. The van der Waals surface area contributed by atoms with Gasteiger partial charge in [0, 0.05) is 12.2 Å². The van der Waals surface area contributed by atoms with E-state index in [-0.39, 0.29) is 16.9 Å². The molecule has 1 aromatic carbocycles. The van der Waals surface area contributed by atoms with Crippen molar-refractivity contribution >= 4 is 11.6 Å². The fourth-order valence-corrected chi connectivity index (χ4v) is 4.35. The van der Waals surface area contributed by atoms with E-state index in [9.17, 15) is 9.90 Å². The third kappa shape index (κ3) is 3.11. The van der Waals surface area contributed by atoms with Gasteiger partial charge in [-0.3, -0.25) is 4.79 Å². The average molecular weight is 329 g/mol. The highest BCUT2D eigenvalue weighted by Crippen LogP contribution is 2.48. The van der Waals surface area contributed by atoms with Crippen LogP contribution in [0.2, 0.25) is 0 Å². The summed E-state index contributed by atoms with van der Waals surface area (Å²) in [5.74, 6) is 0.665. The summed E-state index contributed by atoms with van der Waals surface area (Å²) in [7, 11) is 0. The number of rotatable bonds is 2. The monoisotopic (exact) mass is 329 g/mol. The van der Waals surface area contributed by atoms with Crippen LogP contribution in [0.5, 0.6) is 0 Å². The minimum absolute atomic E-state index is 0.133. The molecule has 1 amide bonds. The summed E-state index contributed by atoms with van der Waals surface area (Å²) < 4.78 is 0. The van der Waals surface area contributed by atoms with Crippen LogP contribution in [0, 0.1) is 11.3 Å². The van der Waals surface area contributed by atoms with E-state index in [4.69, 9.17) is 0 Å². The van der Waals surface area contributed by atoms with E-state index in [1.165, 1.54) is 5.56 Å². The zero-order valence-electron chi connectivity index (χ0n) is 15.5. The fraction of sp³-hybridized carbons (Fsp3) is 0.667. The quantitative estimate of drug-likeness (QED) is 0.880. The summed E-state index contributed by atoms with van der Waals surface area (Å²) in [6.45, 7) is 9.32. The molecule has 132 valence electrons. The molecule has 3 rings (SSSR count). The molecule has 0 unspecified atom stereocenters. The molecule has 1 aliphatic carbocycles.